The van der Waals surface area contributed by atoms with Gasteiger partial charge in [0.25, 0.3) is 0 Å². The lowest BCUT2D eigenvalue weighted by molar-refractivity contribution is -0.274. The molecule has 2 aromatic rings. The average molecular weight is 337 g/mol. The molecule has 0 aliphatic heterocycles. The van der Waals surface area contributed by atoms with Crippen LogP contribution in [0.5, 0.6) is 5.75 Å². The van der Waals surface area contributed by atoms with Crippen LogP contribution in [-0.4, -0.2) is 27.5 Å². The second-order valence-corrected chi connectivity index (χ2v) is 4.72. The fourth-order valence-electron chi connectivity index (χ4n) is 1.96. The molecule has 0 N–H and O–H groups in total. The first kappa shape index (κ1) is 17.2. The summed E-state index contributed by atoms with van der Waals surface area (Å²) in [5.74, 6) is -3.83. The fraction of sp³-hybridized carbons (Fsp3) is 0.200. The normalized spacial score (nSPS) is 12.3. The van der Waals surface area contributed by atoms with E-state index in [1.807, 2.05) is 0 Å². The molecular weight excluding hydrogens is 327 g/mol. The minimum Gasteiger partial charge on any atom is -0.406 e. The quantitative estimate of drug-likeness (QED) is 0.618. The van der Waals surface area contributed by atoms with Crippen molar-refractivity contribution in [2.24, 2.45) is 13.0 Å². The van der Waals surface area contributed by atoms with E-state index in [0.717, 1.165) is 24.3 Å². The first-order valence-corrected chi connectivity index (χ1v) is 6.54. The Morgan fingerprint density at radius 2 is 1.88 bits per heavy atom. The van der Waals surface area contributed by atoms with Crippen LogP contribution >= 0.6 is 0 Å². The van der Waals surface area contributed by atoms with Gasteiger partial charge in [-0.05, 0) is 24.3 Å². The van der Waals surface area contributed by atoms with Crippen LogP contribution in [0.4, 0.5) is 13.2 Å². The topological polar surface area (TPSA) is 85.0 Å². The van der Waals surface area contributed by atoms with E-state index >= 15 is 0 Å². The van der Waals surface area contributed by atoms with Crippen LogP contribution in [0.25, 0.3) is 0 Å². The van der Waals surface area contributed by atoms with E-state index in [1.165, 1.54) is 24.0 Å². The van der Waals surface area contributed by atoms with Crippen molar-refractivity contribution in [1.82, 2.24) is 9.55 Å². The number of carbonyl (C=O) groups excluding carboxylic acids is 2. The summed E-state index contributed by atoms with van der Waals surface area (Å²) in [7, 11) is 1.53. The number of Topliss-reactive ketones (excluding diaryl/α,β-unsaturated/α-hetero) is 2. The highest BCUT2D eigenvalue weighted by atomic mass is 19.4. The van der Waals surface area contributed by atoms with Crippen LogP contribution in [-0.2, 0) is 7.05 Å². The maximum Gasteiger partial charge on any atom is 0.573 e. The highest BCUT2D eigenvalue weighted by molar-refractivity contribution is 6.16. The molecule has 0 saturated carbocycles. The number of carbonyl (C=O) groups is 2. The highest BCUT2D eigenvalue weighted by Gasteiger charge is 2.32. The number of aryl methyl sites for hydroxylation is 1. The van der Waals surface area contributed by atoms with Gasteiger partial charge < -0.3 is 9.30 Å². The number of hydrogen-bond donors (Lipinski definition) is 0. The Morgan fingerprint density at radius 3 is 2.33 bits per heavy atom. The van der Waals surface area contributed by atoms with Gasteiger partial charge in [-0.3, -0.25) is 9.59 Å². The molecule has 1 heterocycles. The zero-order valence-electron chi connectivity index (χ0n) is 12.2. The van der Waals surface area contributed by atoms with E-state index in [0.29, 0.717) is 0 Å². The van der Waals surface area contributed by atoms with Crippen molar-refractivity contribution in [3.63, 3.8) is 0 Å². The largest absolute Gasteiger partial charge is 0.573 e. The van der Waals surface area contributed by atoms with E-state index < -0.39 is 29.6 Å². The van der Waals surface area contributed by atoms with Gasteiger partial charge in [0.05, 0.1) is 6.07 Å². The molecule has 1 aromatic heterocycles. The molecule has 1 aromatic carbocycles. The van der Waals surface area contributed by atoms with Gasteiger partial charge >= 0.3 is 6.36 Å². The summed E-state index contributed by atoms with van der Waals surface area (Å²) in [5, 5.41) is 9.12. The van der Waals surface area contributed by atoms with Gasteiger partial charge in [0.1, 0.15) is 5.75 Å². The molecule has 24 heavy (non-hydrogen) atoms. The predicted molar refractivity (Wildman–Crippen MR) is 74.1 cm³/mol. The third-order valence-electron chi connectivity index (χ3n) is 3.07. The molecule has 1 atom stereocenters. The van der Waals surface area contributed by atoms with Crippen molar-refractivity contribution in [1.29, 1.82) is 5.26 Å². The third kappa shape index (κ3) is 3.78. The van der Waals surface area contributed by atoms with Crippen molar-refractivity contribution in [3.05, 3.63) is 48.0 Å². The number of hydrogen-bond acceptors (Lipinski definition) is 5. The number of nitriles is 1. The molecule has 0 aliphatic rings. The fourth-order valence-corrected chi connectivity index (χ4v) is 1.96. The summed E-state index contributed by atoms with van der Waals surface area (Å²) in [6.45, 7) is 0. The predicted octanol–water partition coefficient (Wildman–Crippen LogP) is 2.52. The van der Waals surface area contributed by atoms with Crippen LogP contribution in [0.15, 0.2) is 36.7 Å². The summed E-state index contributed by atoms with van der Waals surface area (Å²) >= 11 is 0. The molecule has 0 bridgehead atoms. The van der Waals surface area contributed by atoms with Gasteiger partial charge in [-0.15, -0.1) is 13.2 Å². The minimum absolute atomic E-state index is 0.0630. The summed E-state index contributed by atoms with van der Waals surface area (Å²) in [6.07, 6.45) is -2.03. The molecule has 0 radical (unpaired) electrons. The molecule has 0 saturated heterocycles. The highest BCUT2D eigenvalue weighted by Crippen LogP contribution is 2.23. The van der Waals surface area contributed by atoms with Crippen molar-refractivity contribution < 1.29 is 27.5 Å². The SMILES string of the molecule is Cn1ccnc1C(=O)[C@@H](C#N)C(=O)c1ccc(OC(F)(F)F)cc1. The van der Waals surface area contributed by atoms with E-state index in [9.17, 15) is 22.8 Å². The minimum atomic E-state index is -4.85. The van der Waals surface area contributed by atoms with Crippen molar-refractivity contribution in [2.45, 2.75) is 6.36 Å². The average Bonchev–Trinajstić information content (AvgIpc) is 2.93. The van der Waals surface area contributed by atoms with E-state index in [4.69, 9.17) is 5.26 Å². The lowest BCUT2D eigenvalue weighted by atomic mass is 9.94. The zero-order chi connectivity index (χ0) is 17.9. The van der Waals surface area contributed by atoms with Crippen LogP contribution in [0.3, 0.4) is 0 Å². The summed E-state index contributed by atoms with van der Waals surface area (Å²) in [5.41, 5.74) is -0.0846. The Balaban J connectivity index is 2.22. The maximum atomic E-state index is 12.3. The van der Waals surface area contributed by atoms with E-state index in [1.54, 1.807) is 6.07 Å². The molecule has 6 nitrogen and oxygen atoms in total. The molecule has 9 heteroatoms. The molecule has 0 amide bonds. The van der Waals surface area contributed by atoms with Gasteiger partial charge in [0.15, 0.2) is 17.5 Å². The molecule has 0 aliphatic carbocycles. The summed E-state index contributed by atoms with van der Waals surface area (Å²) in [4.78, 5) is 28.3. The number of aromatic nitrogens is 2. The van der Waals surface area contributed by atoms with Gasteiger partial charge in [-0.1, -0.05) is 0 Å². The zero-order valence-corrected chi connectivity index (χ0v) is 12.2. The van der Waals surface area contributed by atoms with Crippen molar-refractivity contribution >= 4 is 11.6 Å². The Labute approximate surface area is 134 Å². The molecule has 0 unspecified atom stereocenters. The number of ether oxygens (including phenoxy) is 1. The maximum absolute atomic E-state index is 12.3. The second-order valence-electron chi connectivity index (χ2n) is 4.72. The third-order valence-corrected chi connectivity index (χ3v) is 3.07. The number of nitrogens with zero attached hydrogens (tertiary/aromatic N) is 3. The molecule has 0 fully saturated rings. The monoisotopic (exact) mass is 337 g/mol. The lowest BCUT2D eigenvalue weighted by Crippen LogP contribution is -2.25. The van der Waals surface area contributed by atoms with Gasteiger partial charge in [-0.2, -0.15) is 5.26 Å². The molecule has 2 rings (SSSR count). The van der Waals surface area contributed by atoms with Gasteiger partial charge in [-0.25, -0.2) is 4.98 Å². The molecule has 124 valence electrons. The van der Waals surface area contributed by atoms with Crippen LogP contribution in [0, 0.1) is 17.2 Å². The first-order chi connectivity index (χ1) is 11.2. The lowest BCUT2D eigenvalue weighted by Gasteiger charge is -2.10. The van der Waals surface area contributed by atoms with Crippen LogP contribution in [0.2, 0.25) is 0 Å². The molecular formula is C15H10F3N3O3. The summed E-state index contributed by atoms with van der Waals surface area (Å²) in [6, 6.07) is 5.58. The Bertz CT molecular complexity index is 804. The van der Waals surface area contributed by atoms with E-state index in [-0.39, 0.29) is 11.4 Å². The van der Waals surface area contributed by atoms with E-state index in [2.05, 4.69) is 9.72 Å². The Morgan fingerprint density at radius 1 is 1.25 bits per heavy atom. The number of alkyl halides is 3. The summed E-state index contributed by atoms with van der Waals surface area (Å²) < 4.78 is 41.3. The first-order valence-electron chi connectivity index (χ1n) is 6.54. The van der Waals surface area contributed by atoms with Crippen LogP contribution < -0.4 is 4.74 Å². The van der Waals surface area contributed by atoms with Crippen molar-refractivity contribution in [2.75, 3.05) is 0 Å². The Hall–Kier alpha value is -3.15. The number of halogens is 3. The second kappa shape index (κ2) is 6.54. The van der Waals surface area contributed by atoms with Crippen LogP contribution in [0.1, 0.15) is 21.0 Å². The van der Waals surface area contributed by atoms with Crippen molar-refractivity contribution in [3.8, 4) is 11.8 Å². The molecule has 0 spiro atoms. The number of benzene rings is 1. The number of ketones is 2. The Kier molecular flexibility index (Phi) is 4.69. The standard InChI is InChI=1S/C15H10F3N3O3/c1-21-7-6-20-14(21)13(23)11(8-19)12(22)9-2-4-10(5-3-9)24-15(16,17)18/h2-7,11H,1H3/t11-/m0/s1. The smallest absolute Gasteiger partial charge is 0.406 e. The van der Waals surface area contributed by atoms with Gasteiger partial charge in [0, 0.05) is 25.0 Å². The van der Waals surface area contributed by atoms with Gasteiger partial charge in [0.2, 0.25) is 5.78 Å². The number of imidazole rings is 1. The number of rotatable bonds is 5.